The Balaban J connectivity index is 1.67. The number of amides is 1. The third kappa shape index (κ3) is 4.75. The predicted octanol–water partition coefficient (Wildman–Crippen LogP) is 2.63. The summed E-state index contributed by atoms with van der Waals surface area (Å²) in [7, 11) is 0. The van der Waals surface area contributed by atoms with Crippen molar-refractivity contribution in [3.63, 3.8) is 0 Å². The van der Waals surface area contributed by atoms with Gasteiger partial charge in [0.1, 0.15) is 0 Å². The molecule has 1 amide bonds. The van der Waals surface area contributed by atoms with Gasteiger partial charge in [0.25, 0.3) is 5.91 Å². The average Bonchev–Trinajstić information content (AvgIpc) is 2.72. The molecule has 0 aromatic heterocycles. The van der Waals surface area contributed by atoms with E-state index in [2.05, 4.69) is 11.8 Å². The van der Waals surface area contributed by atoms with E-state index in [9.17, 15) is 14.7 Å². The molecule has 5 nitrogen and oxygen atoms in total. The fourth-order valence-corrected chi connectivity index (χ4v) is 3.12. The lowest BCUT2D eigenvalue weighted by Gasteiger charge is -2.31. The van der Waals surface area contributed by atoms with Gasteiger partial charge < -0.3 is 15.1 Å². The zero-order valence-corrected chi connectivity index (χ0v) is 14.9. The molecule has 0 radical (unpaired) electrons. The molecule has 2 N–H and O–H groups in total. The maximum Gasteiger partial charge on any atom is 0.335 e. The number of rotatable bonds is 3. The van der Waals surface area contributed by atoms with Gasteiger partial charge in [-0.15, -0.1) is 0 Å². The molecule has 27 heavy (non-hydrogen) atoms. The molecule has 2 aromatic rings. The van der Waals surface area contributed by atoms with E-state index in [4.69, 9.17) is 5.11 Å². The summed E-state index contributed by atoms with van der Waals surface area (Å²) in [6.45, 7) is 1.44. The summed E-state index contributed by atoms with van der Waals surface area (Å²) < 4.78 is 0. The molecular weight excluding hydrogens is 342 g/mol. The maximum atomic E-state index is 12.6. The minimum absolute atomic E-state index is 0.0167. The van der Waals surface area contributed by atoms with Crippen LogP contribution >= 0.6 is 0 Å². The highest BCUT2D eigenvalue weighted by Crippen LogP contribution is 2.18. The fraction of sp³-hybridized carbons (Fsp3) is 0.273. The molecule has 0 saturated carbocycles. The van der Waals surface area contributed by atoms with Crippen molar-refractivity contribution < 1.29 is 19.8 Å². The quantitative estimate of drug-likeness (QED) is 0.822. The second-order valence-electron chi connectivity index (χ2n) is 6.65. The second-order valence-corrected chi connectivity index (χ2v) is 6.65. The van der Waals surface area contributed by atoms with Crippen LogP contribution in [0, 0.1) is 17.8 Å². The molecule has 2 aromatic carbocycles. The van der Waals surface area contributed by atoms with Crippen LogP contribution in [0.25, 0.3) is 0 Å². The molecule has 1 heterocycles. The third-order valence-corrected chi connectivity index (χ3v) is 4.68. The molecule has 1 aliphatic heterocycles. The van der Waals surface area contributed by atoms with E-state index in [-0.39, 0.29) is 24.0 Å². The van der Waals surface area contributed by atoms with E-state index in [1.807, 2.05) is 0 Å². The van der Waals surface area contributed by atoms with Crippen LogP contribution in [0.15, 0.2) is 48.5 Å². The molecule has 0 bridgehead atoms. The lowest BCUT2D eigenvalue weighted by Crippen LogP contribution is -2.40. The Labute approximate surface area is 158 Å². The van der Waals surface area contributed by atoms with Gasteiger partial charge in [0, 0.05) is 36.4 Å². The second kappa shape index (κ2) is 8.52. The summed E-state index contributed by atoms with van der Waals surface area (Å²) in [6, 6.07) is 13.5. The number of aliphatic hydroxyl groups excluding tert-OH is 1. The van der Waals surface area contributed by atoms with E-state index in [1.165, 1.54) is 12.1 Å². The predicted molar refractivity (Wildman–Crippen MR) is 102 cm³/mol. The molecule has 138 valence electrons. The number of carboxylic acids is 1. The van der Waals surface area contributed by atoms with Crippen molar-refractivity contribution in [3.05, 3.63) is 70.8 Å². The molecule has 1 unspecified atom stereocenters. The summed E-state index contributed by atoms with van der Waals surface area (Å²) in [4.78, 5) is 25.2. The van der Waals surface area contributed by atoms with Gasteiger partial charge in [-0.1, -0.05) is 11.8 Å². The van der Waals surface area contributed by atoms with Crippen molar-refractivity contribution in [2.24, 2.45) is 5.92 Å². The molecule has 5 heteroatoms. The lowest BCUT2D eigenvalue weighted by molar-refractivity contribution is 0.0619. The Hall–Kier alpha value is -3.10. The minimum atomic E-state index is -0.964. The zero-order valence-electron chi connectivity index (χ0n) is 14.9. The zero-order chi connectivity index (χ0) is 19.2. The van der Waals surface area contributed by atoms with Crippen molar-refractivity contribution in [3.8, 4) is 11.8 Å². The molecule has 1 saturated heterocycles. The van der Waals surface area contributed by atoms with Crippen LogP contribution in [-0.2, 0) is 0 Å². The molecule has 1 aliphatic rings. The molecular formula is C22H21NO4. The SMILES string of the molecule is O=C(O)c1ccc(C#Cc2ccc(C(=O)N3CCCC(CO)C3)cc2)cc1. The van der Waals surface area contributed by atoms with Gasteiger partial charge in [0.05, 0.1) is 5.56 Å². The molecule has 1 atom stereocenters. The minimum Gasteiger partial charge on any atom is -0.478 e. The number of hydrogen-bond acceptors (Lipinski definition) is 3. The summed E-state index contributed by atoms with van der Waals surface area (Å²) in [5.74, 6) is 5.19. The summed E-state index contributed by atoms with van der Waals surface area (Å²) >= 11 is 0. The average molecular weight is 363 g/mol. The van der Waals surface area contributed by atoms with Gasteiger partial charge in [-0.3, -0.25) is 4.79 Å². The monoisotopic (exact) mass is 363 g/mol. The Morgan fingerprint density at radius 3 is 2.04 bits per heavy atom. The summed E-state index contributed by atoms with van der Waals surface area (Å²) in [5.41, 5.74) is 2.35. The first-order chi connectivity index (χ1) is 13.1. The molecule has 0 aliphatic carbocycles. The largest absolute Gasteiger partial charge is 0.478 e. The first kappa shape index (κ1) is 18.7. The maximum absolute atomic E-state index is 12.6. The smallest absolute Gasteiger partial charge is 0.335 e. The highest BCUT2D eigenvalue weighted by Gasteiger charge is 2.23. The van der Waals surface area contributed by atoms with Gasteiger partial charge in [-0.25, -0.2) is 4.79 Å². The van der Waals surface area contributed by atoms with Crippen molar-refractivity contribution in [2.45, 2.75) is 12.8 Å². The van der Waals surface area contributed by atoms with Crippen LogP contribution in [0.5, 0.6) is 0 Å². The summed E-state index contributed by atoms with van der Waals surface area (Å²) in [5, 5.41) is 18.2. The first-order valence-electron chi connectivity index (χ1n) is 8.92. The van der Waals surface area contributed by atoms with Crippen molar-refractivity contribution in [1.29, 1.82) is 0 Å². The third-order valence-electron chi connectivity index (χ3n) is 4.68. The number of hydrogen-bond donors (Lipinski definition) is 2. The topological polar surface area (TPSA) is 77.8 Å². The highest BCUT2D eigenvalue weighted by molar-refractivity contribution is 5.94. The van der Waals surface area contributed by atoms with E-state index >= 15 is 0 Å². The lowest BCUT2D eigenvalue weighted by atomic mass is 9.98. The van der Waals surface area contributed by atoms with Gasteiger partial charge in [-0.05, 0) is 67.3 Å². The van der Waals surface area contributed by atoms with E-state index < -0.39 is 5.97 Å². The fourth-order valence-electron chi connectivity index (χ4n) is 3.12. The van der Waals surface area contributed by atoms with E-state index in [0.717, 1.165) is 30.5 Å². The number of carboxylic acid groups (broad SMARTS) is 1. The van der Waals surface area contributed by atoms with Crippen LogP contribution in [0.3, 0.4) is 0 Å². The Morgan fingerprint density at radius 1 is 0.963 bits per heavy atom. The highest BCUT2D eigenvalue weighted by atomic mass is 16.4. The number of aromatic carboxylic acids is 1. The van der Waals surface area contributed by atoms with Crippen LogP contribution < -0.4 is 0 Å². The number of aliphatic hydroxyl groups is 1. The Kier molecular flexibility index (Phi) is 5.90. The number of piperidine rings is 1. The van der Waals surface area contributed by atoms with E-state index in [0.29, 0.717) is 12.1 Å². The van der Waals surface area contributed by atoms with Gasteiger partial charge in [0.15, 0.2) is 0 Å². The number of nitrogens with zero attached hydrogens (tertiary/aromatic N) is 1. The van der Waals surface area contributed by atoms with Crippen LogP contribution in [-0.4, -0.2) is 46.7 Å². The molecule has 0 spiro atoms. The molecule has 3 rings (SSSR count). The number of likely N-dealkylation sites (tertiary alicyclic amines) is 1. The Bertz CT molecular complexity index is 875. The van der Waals surface area contributed by atoms with Gasteiger partial charge >= 0.3 is 5.97 Å². The summed E-state index contributed by atoms with van der Waals surface area (Å²) in [6.07, 6.45) is 1.88. The molecule has 1 fully saturated rings. The van der Waals surface area contributed by atoms with Crippen LogP contribution in [0.2, 0.25) is 0 Å². The van der Waals surface area contributed by atoms with Crippen LogP contribution in [0.4, 0.5) is 0 Å². The van der Waals surface area contributed by atoms with Crippen molar-refractivity contribution in [2.75, 3.05) is 19.7 Å². The van der Waals surface area contributed by atoms with Crippen molar-refractivity contribution in [1.82, 2.24) is 4.90 Å². The number of carbonyl (C=O) groups excluding carboxylic acids is 1. The van der Waals surface area contributed by atoms with Gasteiger partial charge in [0.2, 0.25) is 0 Å². The number of benzene rings is 2. The van der Waals surface area contributed by atoms with E-state index in [1.54, 1.807) is 41.3 Å². The van der Waals surface area contributed by atoms with Crippen molar-refractivity contribution >= 4 is 11.9 Å². The van der Waals surface area contributed by atoms with Gasteiger partial charge in [-0.2, -0.15) is 0 Å². The number of carbonyl (C=O) groups is 2. The first-order valence-corrected chi connectivity index (χ1v) is 8.92. The Morgan fingerprint density at radius 2 is 1.52 bits per heavy atom. The standard InChI is InChI=1S/C22H21NO4/c24-15-18-2-1-13-23(14-18)21(25)19-9-5-16(6-10-19)3-4-17-7-11-20(12-8-17)22(26)27/h5-12,18,24H,1-2,13-15H2,(H,26,27). The normalized spacial score (nSPS) is 16.3. The van der Waals surface area contributed by atoms with Crippen LogP contribution in [0.1, 0.15) is 44.7 Å².